The van der Waals surface area contributed by atoms with Gasteiger partial charge in [0.05, 0.1) is 28.2 Å². The van der Waals surface area contributed by atoms with Crippen LogP contribution in [0.3, 0.4) is 0 Å². The fourth-order valence-electron chi connectivity index (χ4n) is 7.34. The van der Waals surface area contributed by atoms with Crippen molar-refractivity contribution in [3.8, 4) is 10.4 Å². The number of likely N-dealkylation sites (tertiary alicyclic amines) is 1. The molecule has 16 heteroatoms. The van der Waals surface area contributed by atoms with Gasteiger partial charge in [-0.15, -0.1) is 11.3 Å². The Morgan fingerprint density at radius 1 is 0.935 bits per heavy atom. The number of carbonyl (C=O) groups excluding carboxylic acids is 6. The highest BCUT2D eigenvalue weighted by atomic mass is 32.1. The second-order valence-electron chi connectivity index (χ2n) is 18.2. The molecule has 4 rings (SSSR count). The van der Waals surface area contributed by atoms with Gasteiger partial charge in [0.1, 0.15) is 23.7 Å². The fraction of sp³-hybridized carbons (Fsp3) is 0.543. The van der Waals surface area contributed by atoms with Crippen LogP contribution in [-0.4, -0.2) is 87.0 Å². The van der Waals surface area contributed by atoms with Gasteiger partial charge in [-0.2, -0.15) is 0 Å². The number of primary amides is 1. The SMILES string of the molecule is Cc1ncsc1-c1ccc([C@H](C)NC(=O)[C@@H]2C[C@@H](O)CN2C(=O)[C@@H](NC(=O)CCCCCc2cccc(NC(=O)[C@H](CCC(N)=O)NC(=O)OC(C)(C)C)c2C)C(C)(C)C)cc1. The summed E-state index contributed by atoms with van der Waals surface area (Å²) in [5.74, 6) is -2.17. The van der Waals surface area contributed by atoms with Crippen molar-refractivity contribution in [2.75, 3.05) is 11.9 Å². The van der Waals surface area contributed by atoms with Crippen LogP contribution in [0.25, 0.3) is 10.4 Å². The average Bonchev–Trinajstić information content (AvgIpc) is 3.80. The van der Waals surface area contributed by atoms with Crippen molar-refractivity contribution in [3.63, 3.8) is 0 Å². The van der Waals surface area contributed by atoms with E-state index in [9.17, 15) is 33.9 Å². The predicted molar refractivity (Wildman–Crippen MR) is 240 cm³/mol. The molecule has 338 valence electrons. The van der Waals surface area contributed by atoms with E-state index in [2.05, 4.69) is 26.3 Å². The minimum Gasteiger partial charge on any atom is -0.444 e. The Morgan fingerprint density at radius 3 is 2.24 bits per heavy atom. The van der Waals surface area contributed by atoms with Crippen LogP contribution in [0.15, 0.2) is 48.0 Å². The molecule has 15 nitrogen and oxygen atoms in total. The number of ether oxygens (including phenoxy) is 1. The largest absolute Gasteiger partial charge is 0.444 e. The lowest BCUT2D eigenvalue weighted by Crippen LogP contribution is -2.57. The van der Waals surface area contributed by atoms with Gasteiger partial charge in [-0.05, 0) is 101 Å². The van der Waals surface area contributed by atoms with Crippen LogP contribution >= 0.6 is 11.3 Å². The number of thiazole rings is 1. The number of aryl methyl sites for hydroxylation is 2. The molecule has 1 aromatic heterocycles. The minimum atomic E-state index is -1.05. The molecule has 0 aliphatic carbocycles. The number of rotatable bonds is 18. The molecule has 1 saturated heterocycles. The maximum absolute atomic E-state index is 14.1. The Hall–Kier alpha value is -5.35. The highest BCUT2D eigenvalue weighted by molar-refractivity contribution is 7.13. The van der Waals surface area contributed by atoms with Crippen molar-refractivity contribution >= 4 is 52.7 Å². The summed E-state index contributed by atoms with van der Waals surface area (Å²) >= 11 is 1.57. The topological polar surface area (TPSA) is 222 Å². The second-order valence-corrected chi connectivity index (χ2v) is 19.1. The first-order valence-electron chi connectivity index (χ1n) is 21.3. The smallest absolute Gasteiger partial charge is 0.408 e. The zero-order valence-electron chi connectivity index (χ0n) is 37.6. The van der Waals surface area contributed by atoms with E-state index in [-0.39, 0.29) is 50.1 Å². The highest BCUT2D eigenvalue weighted by Gasteiger charge is 2.44. The average molecular weight is 876 g/mol. The third-order valence-electron chi connectivity index (χ3n) is 10.8. The maximum Gasteiger partial charge on any atom is 0.408 e. The van der Waals surface area contributed by atoms with Gasteiger partial charge in [-0.25, -0.2) is 9.78 Å². The van der Waals surface area contributed by atoms with Gasteiger partial charge in [0.15, 0.2) is 0 Å². The first-order valence-corrected chi connectivity index (χ1v) is 22.2. The van der Waals surface area contributed by atoms with E-state index < -0.39 is 59.1 Å². The third kappa shape index (κ3) is 14.4. The Morgan fingerprint density at radius 2 is 1.63 bits per heavy atom. The van der Waals surface area contributed by atoms with Crippen LogP contribution in [-0.2, 0) is 35.1 Å². The minimum absolute atomic E-state index is 0.00134. The molecule has 6 amide bonds. The number of hydrogen-bond donors (Lipinski definition) is 6. The summed E-state index contributed by atoms with van der Waals surface area (Å²) in [6.07, 6.45) is 1.24. The molecule has 3 aromatic rings. The van der Waals surface area contributed by atoms with Gasteiger partial charge in [-0.3, -0.25) is 24.0 Å². The van der Waals surface area contributed by atoms with Crippen molar-refractivity contribution in [3.05, 3.63) is 70.4 Å². The Labute approximate surface area is 369 Å². The Balaban J connectivity index is 1.29. The van der Waals surface area contributed by atoms with Crippen LogP contribution in [0.1, 0.15) is 122 Å². The molecule has 0 saturated carbocycles. The van der Waals surface area contributed by atoms with E-state index in [0.29, 0.717) is 18.5 Å². The van der Waals surface area contributed by atoms with Gasteiger partial charge in [0.2, 0.25) is 29.5 Å². The number of nitrogens with one attached hydrogen (secondary N) is 4. The Kier molecular flexibility index (Phi) is 17.2. The molecule has 1 fully saturated rings. The molecule has 62 heavy (non-hydrogen) atoms. The van der Waals surface area contributed by atoms with Crippen molar-refractivity contribution < 1.29 is 38.6 Å². The van der Waals surface area contributed by atoms with E-state index >= 15 is 0 Å². The number of unbranched alkanes of at least 4 members (excludes halogenated alkanes) is 2. The molecule has 0 unspecified atom stereocenters. The van der Waals surface area contributed by atoms with Crippen LogP contribution in [0.5, 0.6) is 0 Å². The van der Waals surface area contributed by atoms with Gasteiger partial charge in [0, 0.05) is 31.5 Å². The zero-order chi connectivity index (χ0) is 45.9. The number of β-amino-alcohol motifs (C(OH)–C–C–N with tert-alkyl or cyclic N) is 1. The van der Waals surface area contributed by atoms with E-state index in [1.54, 1.807) is 38.2 Å². The summed E-state index contributed by atoms with van der Waals surface area (Å²) in [6, 6.07) is 10.2. The number of amides is 6. The fourth-order valence-corrected chi connectivity index (χ4v) is 8.15. The zero-order valence-corrected chi connectivity index (χ0v) is 38.4. The van der Waals surface area contributed by atoms with Gasteiger partial charge in [0.25, 0.3) is 0 Å². The van der Waals surface area contributed by atoms with Gasteiger partial charge >= 0.3 is 6.09 Å². The number of nitrogens with two attached hydrogens (primary N) is 1. The molecule has 0 radical (unpaired) electrons. The number of benzene rings is 2. The number of aliphatic hydroxyl groups excluding tert-OH is 1. The van der Waals surface area contributed by atoms with Crippen molar-refractivity contribution in [1.29, 1.82) is 0 Å². The van der Waals surface area contributed by atoms with Crippen LogP contribution < -0.4 is 27.0 Å². The van der Waals surface area contributed by atoms with Crippen LogP contribution in [0.4, 0.5) is 10.5 Å². The van der Waals surface area contributed by atoms with E-state index in [0.717, 1.165) is 45.7 Å². The predicted octanol–water partition coefficient (Wildman–Crippen LogP) is 6.00. The number of aliphatic hydroxyl groups is 1. The first-order chi connectivity index (χ1) is 29.0. The summed E-state index contributed by atoms with van der Waals surface area (Å²) in [7, 11) is 0. The van der Waals surface area contributed by atoms with Crippen LogP contribution in [0, 0.1) is 19.3 Å². The van der Waals surface area contributed by atoms with Crippen molar-refractivity contribution in [2.45, 2.75) is 150 Å². The number of carbonyl (C=O) groups is 6. The van der Waals surface area contributed by atoms with Gasteiger partial charge < -0.3 is 41.7 Å². The maximum atomic E-state index is 14.1. The molecular formula is C46H65N7O8S. The molecule has 5 atom stereocenters. The lowest BCUT2D eigenvalue weighted by atomic mass is 9.85. The van der Waals surface area contributed by atoms with E-state index in [1.807, 2.05) is 83.5 Å². The summed E-state index contributed by atoms with van der Waals surface area (Å²) in [6.45, 7) is 16.4. The first kappa shape index (κ1) is 49.3. The molecule has 1 aliphatic rings. The summed E-state index contributed by atoms with van der Waals surface area (Å²) < 4.78 is 5.30. The quantitative estimate of drug-likeness (QED) is 0.0825. The number of alkyl carbamates (subject to hydrolysis) is 1. The standard InChI is InChI=1S/C46H65N7O8S/c1-27-30(15-13-16-34(27)50-41(57)35(22-23-37(47)55)51-44(60)61-46(7,8)9)14-11-10-12-17-38(56)52-40(45(4,5)6)43(59)53-25-33(54)24-36(53)42(58)49-28(2)31-18-20-32(21-19-31)39-29(3)48-26-62-39/h13,15-16,18-21,26,28,33,35-36,40,54H,10-12,14,17,22-25H2,1-9H3,(H2,47,55)(H,49,58)(H,50,57)(H,51,60)(H,52,56)/t28-,33+,35-,36-,40+/m0/s1. The number of hydrogen-bond acceptors (Lipinski definition) is 10. The lowest BCUT2D eigenvalue weighted by molar-refractivity contribution is -0.144. The monoisotopic (exact) mass is 875 g/mol. The van der Waals surface area contributed by atoms with E-state index in [1.165, 1.54) is 4.90 Å². The molecule has 2 aromatic carbocycles. The lowest BCUT2D eigenvalue weighted by Gasteiger charge is -2.35. The summed E-state index contributed by atoms with van der Waals surface area (Å²) in [4.78, 5) is 85.1. The molecule has 2 heterocycles. The molecular weight excluding hydrogens is 811 g/mol. The number of nitrogens with zero attached hydrogens (tertiary/aromatic N) is 2. The molecule has 1 aliphatic heterocycles. The third-order valence-corrected chi connectivity index (χ3v) is 11.8. The van der Waals surface area contributed by atoms with E-state index in [4.69, 9.17) is 10.5 Å². The molecule has 0 spiro atoms. The summed E-state index contributed by atoms with van der Waals surface area (Å²) in [5, 5.41) is 22.0. The van der Waals surface area contributed by atoms with Crippen LogP contribution in [0.2, 0.25) is 0 Å². The van der Waals surface area contributed by atoms with Crippen molar-refractivity contribution in [2.24, 2.45) is 11.1 Å². The Bertz CT molecular complexity index is 2060. The normalized spacial score (nSPS) is 16.8. The highest BCUT2D eigenvalue weighted by Crippen LogP contribution is 2.30. The number of anilines is 1. The molecule has 7 N–H and O–H groups in total. The number of aromatic nitrogens is 1. The second kappa shape index (κ2) is 21.6. The van der Waals surface area contributed by atoms with Crippen molar-refractivity contribution in [1.82, 2.24) is 25.8 Å². The van der Waals surface area contributed by atoms with Gasteiger partial charge in [-0.1, -0.05) is 63.6 Å². The molecule has 0 bridgehead atoms. The summed E-state index contributed by atoms with van der Waals surface area (Å²) in [5.41, 5.74) is 11.0.